The van der Waals surface area contributed by atoms with E-state index in [-0.39, 0.29) is 5.91 Å². The minimum absolute atomic E-state index is 0.163. The van der Waals surface area contributed by atoms with Crippen LogP contribution in [0.2, 0.25) is 0 Å². The largest absolute Gasteiger partial charge is 0.334 e. The van der Waals surface area contributed by atoms with Gasteiger partial charge in [0.25, 0.3) is 5.91 Å². The van der Waals surface area contributed by atoms with E-state index < -0.39 is 5.54 Å². The zero-order chi connectivity index (χ0) is 12.2. The molecule has 1 aromatic heterocycles. The maximum Gasteiger partial charge on any atom is 0.253 e. The van der Waals surface area contributed by atoms with Crippen molar-refractivity contribution in [3.8, 4) is 6.07 Å². The summed E-state index contributed by atoms with van der Waals surface area (Å²) >= 11 is 3.70. The van der Waals surface area contributed by atoms with Gasteiger partial charge in [-0.05, 0) is 41.5 Å². The Kier molecular flexibility index (Phi) is 4.74. The van der Waals surface area contributed by atoms with E-state index in [1.54, 1.807) is 0 Å². The summed E-state index contributed by atoms with van der Waals surface area (Å²) in [5.74, 6) is -0.163. The minimum Gasteiger partial charge on any atom is -0.334 e. The van der Waals surface area contributed by atoms with Crippen LogP contribution in [0.15, 0.2) is 11.4 Å². The molecule has 0 saturated heterocycles. The van der Waals surface area contributed by atoms with Crippen LogP contribution in [-0.4, -0.2) is 11.4 Å². The number of nitrogens with zero attached hydrogens (tertiary/aromatic N) is 1. The summed E-state index contributed by atoms with van der Waals surface area (Å²) < 4.78 is 1.07. The van der Waals surface area contributed by atoms with E-state index in [4.69, 9.17) is 5.26 Å². The predicted octanol–water partition coefficient (Wildman–Crippen LogP) is 3.16. The molecule has 0 aromatic carbocycles. The van der Waals surface area contributed by atoms with Gasteiger partial charge in [-0.25, -0.2) is 0 Å². The molecular formula is C11H13IN2OS. The fourth-order valence-electron chi connectivity index (χ4n) is 1.33. The first-order chi connectivity index (χ1) is 7.56. The van der Waals surface area contributed by atoms with Crippen molar-refractivity contribution in [3.05, 3.63) is 19.9 Å². The summed E-state index contributed by atoms with van der Waals surface area (Å²) in [5.41, 5.74) is -0.0966. The number of thiophene rings is 1. The monoisotopic (exact) mass is 348 g/mol. The molecule has 1 rings (SSSR count). The molecule has 0 bridgehead atoms. The van der Waals surface area contributed by atoms with Crippen LogP contribution in [0.4, 0.5) is 0 Å². The number of nitrogens with one attached hydrogen (secondary N) is 1. The SMILES string of the molecule is CCC(C#N)(CC)NC(=O)c1csc(I)c1. The molecule has 1 heterocycles. The lowest BCUT2D eigenvalue weighted by Gasteiger charge is -2.24. The first-order valence-electron chi connectivity index (χ1n) is 5.04. The summed E-state index contributed by atoms with van der Waals surface area (Å²) in [6.45, 7) is 3.81. The molecular weight excluding hydrogens is 335 g/mol. The summed E-state index contributed by atoms with van der Waals surface area (Å²) in [6, 6.07) is 4.02. The Labute approximate surface area is 113 Å². The molecule has 0 aliphatic carbocycles. The number of hydrogen-bond acceptors (Lipinski definition) is 3. The average Bonchev–Trinajstić information content (AvgIpc) is 2.73. The van der Waals surface area contributed by atoms with Crippen molar-refractivity contribution < 1.29 is 4.79 Å². The fraction of sp³-hybridized carbons (Fsp3) is 0.455. The lowest BCUT2D eigenvalue weighted by Crippen LogP contribution is -2.46. The number of amides is 1. The second-order valence-corrected chi connectivity index (χ2v) is 6.30. The van der Waals surface area contributed by atoms with Crippen molar-refractivity contribution in [2.45, 2.75) is 32.2 Å². The van der Waals surface area contributed by atoms with Gasteiger partial charge in [0.2, 0.25) is 0 Å². The van der Waals surface area contributed by atoms with E-state index in [1.165, 1.54) is 11.3 Å². The van der Waals surface area contributed by atoms with Crippen molar-refractivity contribution in [2.24, 2.45) is 0 Å². The van der Waals surface area contributed by atoms with E-state index in [1.807, 2.05) is 25.3 Å². The topological polar surface area (TPSA) is 52.9 Å². The number of rotatable bonds is 4. The Morgan fingerprint density at radius 1 is 1.62 bits per heavy atom. The van der Waals surface area contributed by atoms with Crippen molar-refractivity contribution >= 4 is 39.8 Å². The van der Waals surface area contributed by atoms with Crippen LogP contribution in [0.1, 0.15) is 37.0 Å². The van der Waals surface area contributed by atoms with Gasteiger partial charge in [0, 0.05) is 5.38 Å². The molecule has 0 spiro atoms. The van der Waals surface area contributed by atoms with Crippen molar-refractivity contribution in [1.29, 1.82) is 5.26 Å². The molecule has 5 heteroatoms. The Balaban J connectivity index is 2.81. The quantitative estimate of drug-likeness (QED) is 0.850. The molecule has 0 aliphatic heterocycles. The molecule has 1 aromatic rings. The lowest BCUT2D eigenvalue weighted by molar-refractivity contribution is 0.0916. The molecule has 1 N–H and O–H groups in total. The van der Waals surface area contributed by atoms with Gasteiger partial charge in [0.1, 0.15) is 5.54 Å². The first-order valence-corrected chi connectivity index (χ1v) is 7.00. The standard InChI is InChI=1S/C11H13IN2OS/c1-3-11(4-2,7-13)14-10(15)8-5-9(12)16-6-8/h5-6H,3-4H2,1-2H3,(H,14,15). The number of carbonyl (C=O) groups excluding carboxylic acids is 1. The summed E-state index contributed by atoms with van der Waals surface area (Å²) in [5, 5.41) is 13.7. The number of halogens is 1. The normalized spacial score (nSPS) is 10.9. The Bertz CT molecular complexity index is 418. The number of hydrogen-bond donors (Lipinski definition) is 1. The molecule has 0 atom stereocenters. The maximum absolute atomic E-state index is 11.9. The second kappa shape index (κ2) is 5.64. The van der Waals surface area contributed by atoms with Gasteiger partial charge in [0.15, 0.2) is 0 Å². The molecule has 86 valence electrons. The van der Waals surface area contributed by atoms with Crippen LogP contribution in [0, 0.1) is 14.2 Å². The third kappa shape index (κ3) is 2.95. The van der Waals surface area contributed by atoms with Gasteiger partial charge in [-0.1, -0.05) is 13.8 Å². The summed E-state index contributed by atoms with van der Waals surface area (Å²) in [6.07, 6.45) is 1.24. The van der Waals surface area contributed by atoms with Crippen molar-refractivity contribution in [2.75, 3.05) is 0 Å². The third-order valence-corrected chi connectivity index (χ3v) is 4.39. The zero-order valence-corrected chi connectivity index (χ0v) is 12.2. The van der Waals surface area contributed by atoms with Gasteiger partial charge in [-0.3, -0.25) is 4.79 Å². The number of carbonyl (C=O) groups is 1. The van der Waals surface area contributed by atoms with Crippen LogP contribution in [0.5, 0.6) is 0 Å². The van der Waals surface area contributed by atoms with Crippen LogP contribution in [-0.2, 0) is 0 Å². The highest BCUT2D eigenvalue weighted by Crippen LogP contribution is 2.19. The summed E-state index contributed by atoms with van der Waals surface area (Å²) in [4.78, 5) is 11.9. The van der Waals surface area contributed by atoms with Crippen molar-refractivity contribution in [3.63, 3.8) is 0 Å². The summed E-state index contributed by atoms with van der Waals surface area (Å²) in [7, 11) is 0. The maximum atomic E-state index is 11.9. The fourth-order valence-corrected chi connectivity index (χ4v) is 2.66. The highest BCUT2D eigenvalue weighted by Gasteiger charge is 2.28. The molecule has 3 nitrogen and oxygen atoms in total. The Morgan fingerprint density at radius 2 is 2.25 bits per heavy atom. The van der Waals surface area contributed by atoms with Gasteiger partial charge >= 0.3 is 0 Å². The highest BCUT2D eigenvalue weighted by atomic mass is 127. The molecule has 16 heavy (non-hydrogen) atoms. The Hall–Kier alpha value is -0.610. The molecule has 0 aliphatic rings. The predicted molar refractivity (Wildman–Crippen MR) is 73.4 cm³/mol. The molecule has 0 saturated carbocycles. The molecule has 1 amide bonds. The van der Waals surface area contributed by atoms with E-state index in [9.17, 15) is 4.79 Å². The minimum atomic E-state index is -0.732. The van der Waals surface area contributed by atoms with Crippen molar-refractivity contribution in [1.82, 2.24) is 5.32 Å². The van der Waals surface area contributed by atoms with E-state index in [2.05, 4.69) is 34.0 Å². The van der Waals surface area contributed by atoms with Gasteiger partial charge in [0.05, 0.1) is 14.5 Å². The highest BCUT2D eigenvalue weighted by molar-refractivity contribution is 14.1. The van der Waals surface area contributed by atoms with Crippen LogP contribution in [0.25, 0.3) is 0 Å². The van der Waals surface area contributed by atoms with E-state index >= 15 is 0 Å². The second-order valence-electron chi connectivity index (χ2n) is 3.49. The first kappa shape index (κ1) is 13.5. The van der Waals surface area contributed by atoms with Crippen LogP contribution >= 0.6 is 33.9 Å². The van der Waals surface area contributed by atoms with Gasteiger partial charge < -0.3 is 5.32 Å². The third-order valence-electron chi connectivity index (χ3n) is 2.60. The Morgan fingerprint density at radius 3 is 2.62 bits per heavy atom. The average molecular weight is 348 g/mol. The van der Waals surface area contributed by atoms with Crippen LogP contribution in [0.3, 0.4) is 0 Å². The number of nitriles is 1. The lowest BCUT2D eigenvalue weighted by atomic mass is 9.94. The smallest absolute Gasteiger partial charge is 0.253 e. The van der Waals surface area contributed by atoms with Gasteiger partial charge in [-0.15, -0.1) is 11.3 Å². The molecule has 0 unspecified atom stereocenters. The molecule has 0 fully saturated rings. The van der Waals surface area contributed by atoms with Crippen LogP contribution < -0.4 is 5.32 Å². The van der Waals surface area contributed by atoms with Gasteiger partial charge in [-0.2, -0.15) is 5.26 Å². The molecule has 0 radical (unpaired) electrons. The zero-order valence-electron chi connectivity index (χ0n) is 9.21. The van der Waals surface area contributed by atoms with E-state index in [0.29, 0.717) is 18.4 Å². The van der Waals surface area contributed by atoms with E-state index in [0.717, 1.165) is 2.88 Å².